The minimum atomic E-state index is -1.27. The molecular formula is C15H12ClNO2. The van der Waals surface area contributed by atoms with E-state index in [4.69, 9.17) is 16.0 Å². The number of fused-ring (bicyclic) bond motifs is 1. The van der Waals surface area contributed by atoms with Gasteiger partial charge in [-0.05, 0) is 30.7 Å². The van der Waals surface area contributed by atoms with Gasteiger partial charge in [0.05, 0.1) is 0 Å². The summed E-state index contributed by atoms with van der Waals surface area (Å²) in [5, 5.41) is 11.2. The van der Waals surface area contributed by atoms with Gasteiger partial charge < -0.3 is 9.52 Å². The third-order valence-corrected chi connectivity index (χ3v) is 3.34. The van der Waals surface area contributed by atoms with E-state index in [0.717, 1.165) is 5.56 Å². The molecule has 1 aromatic heterocycles. The maximum atomic E-state index is 10.6. The number of oxazole rings is 1. The smallest absolute Gasteiger partial charge is 0.231 e. The molecule has 1 N–H and O–H groups in total. The topological polar surface area (TPSA) is 46.3 Å². The first-order chi connectivity index (χ1) is 9.07. The summed E-state index contributed by atoms with van der Waals surface area (Å²) in [7, 11) is 0. The summed E-state index contributed by atoms with van der Waals surface area (Å²) in [5.41, 5.74) is 0.703. The van der Waals surface area contributed by atoms with E-state index in [1.165, 1.54) is 0 Å². The van der Waals surface area contributed by atoms with Crippen LogP contribution in [0.15, 0.2) is 52.9 Å². The van der Waals surface area contributed by atoms with Gasteiger partial charge in [0.15, 0.2) is 11.2 Å². The molecule has 1 heterocycles. The maximum absolute atomic E-state index is 10.6. The lowest BCUT2D eigenvalue weighted by Gasteiger charge is -2.19. The Balaban J connectivity index is 2.13. The normalized spacial score (nSPS) is 14.5. The standard InChI is InChI=1S/C15H12ClNO2/c1-15(18,10-5-3-2-4-6-10)14-17-12-9-11(16)7-8-13(12)19-14/h2-9,18H,1H3. The summed E-state index contributed by atoms with van der Waals surface area (Å²) in [6.07, 6.45) is 0. The Morgan fingerprint density at radius 2 is 1.89 bits per heavy atom. The molecule has 0 fully saturated rings. The van der Waals surface area contributed by atoms with Crippen LogP contribution in [0.4, 0.5) is 0 Å². The fraction of sp³-hybridized carbons (Fsp3) is 0.133. The molecule has 1 unspecified atom stereocenters. The Morgan fingerprint density at radius 1 is 1.16 bits per heavy atom. The van der Waals surface area contributed by atoms with Gasteiger partial charge in [0.25, 0.3) is 0 Å². The molecule has 0 aliphatic carbocycles. The van der Waals surface area contributed by atoms with Crippen molar-refractivity contribution in [1.82, 2.24) is 4.98 Å². The molecule has 3 nitrogen and oxygen atoms in total. The monoisotopic (exact) mass is 273 g/mol. The number of aromatic nitrogens is 1. The van der Waals surface area contributed by atoms with Crippen molar-refractivity contribution in [2.24, 2.45) is 0 Å². The Hall–Kier alpha value is -1.84. The lowest BCUT2D eigenvalue weighted by Crippen LogP contribution is -2.22. The van der Waals surface area contributed by atoms with Crippen LogP contribution in [-0.2, 0) is 5.60 Å². The number of hydrogen-bond donors (Lipinski definition) is 1. The van der Waals surface area contributed by atoms with Crippen LogP contribution in [0.1, 0.15) is 18.4 Å². The van der Waals surface area contributed by atoms with Crippen molar-refractivity contribution in [1.29, 1.82) is 0 Å². The molecule has 0 saturated heterocycles. The van der Waals surface area contributed by atoms with Crippen LogP contribution in [-0.4, -0.2) is 10.1 Å². The van der Waals surface area contributed by atoms with Crippen LogP contribution in [0.5, 0.6) is 0 Å². The van der Waals surface area contributed by atoms with E-state index in [9.17, 15) is 5.11 Å². The molecule has 4 heteroatoms. The lowest BCUT2D eigenvalue weighted by molar-refractivity contribution is 0.0727. The van der Waals surface area contributed by atoms with Crippen molar-refractivity contribution in [2.45, 2.75) is 12.5 Å². The van der Waals surface area contributed by atoms with Gasteiger partial charge in [-0.15, -0.1) is 0 Å². The number of nitrogens with zero attached hydrogens (tertiary/aromatic N) is 1. The predicted molar refractivity (Wildman–Crippen MR) is 74.1 cm³/mol. The SMILES string of the molecule is CC(O)(c1ccccc1)c1nc2cc(Cl)ccc2o1. The van der Waals surface area contributed by atoms with E-state index >= 15 is 0 Å². The minimum Gasteiger partial charge on any atom is -0.437 e. The Bertz CT molecular complexity index is 719. The van der Waals surface area contributed by atoms with E-state index in [1.807, 2.05) is 30.3 Å². The van der Waals surface area contributed by atoms with Crippen LogP contribution < -0.4 is 0 Å². The van der Waals surface area contributed by atoms with E-state index in [1.54, 1.807) is 25.1 Å². The lowest BCUT2D eigenvalue weighted by atomic mass is 9.96. The molecule has 0 saturated carbocycles. The summed E-state index contributed by atoms with van der Waals surface area (Å²) in [4.78, 5) is 4.32. The summed E-state index contributed by atoms with van der Waals surface area (Å²) >= 11 is 5.92. The third kappa shape index (κ3) is 2.11. The maximum Gasteiger partial charge on any atom is 0.231 e. The van der Waals surface area contributed by atoms with Gasteiger partial charge in [-0.25, -0.2) is 4.98 Å². The van der Waals surface area contributed by atoms with E-state index in [-0.39, 0.29) is 5.89 Å². The third-order valence-electron chi connectivity index (χ3n) is 3.10. The van der Waals surface area contributed by atoms with Crippen LogP contribution >= 0.6 is 11.6 Å². The highest BCUT2D eigenvalue weighted by molar-refractivity contribution is 6.31. The number of halogens is 1. The zero-order valence-electron chi connectivity index (χ0n) is 10.3. The molecule has 0 radical (unpaired) electrons. The highest BCUT2D eigenvalue weighted by atomic mass is 35.5. The van der Waals surface area contributed by atoms with Crippen molar-refractivity contribution in [3.05, 3.63) is 65.0 Å². The van der Waals surface area contributed by atoms with Crippen molar-refractivity contribution in [2.75, 3.05) is 0 Å². The first kappa shape index (κ1) is 12.2. The average molecular weight is 274 g/mol. The summed E-state index contributed by atoms with van der Waals surface area (Å²) in [5.74, 6) is 0.260. The molecular weight excluding hydrogens is 262 g/mol. The largest absolute Gasteiger partial charge is 0.437 e. The highest BCUT2D eigenvalue weighted by Gasteiger charge is 2.31. The molecule has 0 spiro atoms. The molecule has 2 aromatic carbocycles. The Kier molecular flexibility index (Phi) is 2.81. The molecule has 0 aliphatic rings. The van der Waals surface area contributed by atoms with Gasteiger partial charge in [0.1, 0.15) is 5.52 Å². The van der Waals surface area contributed by atoms with Gasteiger partial charge in [-0.2, -0.15) is 0 Å². The van der Waals surface area contributed by atoms with Crippen LogP contribution in [0.25, 0.3) is 11.1 Å². The number of hydrogen-bond acceptors (Lipinski definition) is 3. The second-order valence-corrected chi connectivity index (χ2v) is 5.01. The molecule has 96 valence electrons. The van der Waals surface area contributed by atoms with E-state index < -0.39 is 5.60 Å². The Labute approximate surface area is 115 Å². The first-order valence-electron chi connectivity index (χ1n) is 5.92. The van der Waals surface area contributed by atoms with Gasteiger partial charge in [-0.1, -0.05) is 41.9 Å². The van der Waals surface area contributed by atoms with E-state index in [0.29, 0.717) is 16.1 Å². The highest BCUT2D eigenvalue weighted by Crippen LogP contribution is 2.31. The molecule has 0 bridgehead atoms. The summed E-state index contributed by atoms with van der Waals surface area (Å²) in [6, 6.07) is 14.5. The zero-order valence-corrected chi connectivity index (χ0v) is 11.1. The first-order valence-corrected chi connectivity index (χ1v) is 6.29. The van der Waals surface area contributed by atoms with Gasteiger partial charge in [0, 0.05) is 5.02 Å². The second kappa shape index (κ2) is 4.37. The van der Waals surface area contributed by atoms with Gasteiger partial charge in [-0.3, -0.25) is 0 Å². The van der Waals surface area contributed by atoms with E-state index in [2.05, 4.69) is 4.98 Å². The molecule has 0 amide bonds. The summed E-state index contributed by atoms with van der Waals surface area (Å²) in [6.45, 7) is 1.66. The minimum absolute atomic E-state index is 0.260. The molecule has 1 atom stereocenters. The van der Waals surface area contributed by atoms with Crippen molar-refractivity contribution >= 4 is 22.7 Å². The predicted octanol–water partition coefficient (Wildman–Crippen LogP) is 3.74. The Morgan fingerprint density at radius 3 is 2.63 bits per heavy atom. The van der Waals surface area contributed by atoms with Crippen molar-refractivity contribution in [3.8, 4) is 0 Å². The zero-order chi connectivity index (χ0) is 13.5. The number of benzene rings is 2. The molecule has 3 rings (SSSR count). The molecule has 19 heavy (non-hydrogen) atoms. The molecule has 0 aliphatic heterocycles. The fourth-order valence-corrected chi connectivity index (χ4v) is 2.16. The van der Waals surface area contributed by atoms with Crippen molar-refractivity contribution in [3.63, 3.8) is 0 Å². The van der Waals surface area contributed by atoms with Gasteiger partial charge in [0.2, 0.25) is 5.89 Å². The second-order valence-electron chi connectivity index (χ2n) is 4.57. The number of aliphatic hydroxyl groups is 1. The molecule has 3 aromatic rings. The quantitative estimate of drug-likeness (QED) is 0.774. The van der Waals surface area contributed by atoms with Crippen molar-refractivity contribution < 1.29 is 9.52 Å². The number of rotatable bonds is 2. The van der Waals surface area contributed by atoms with Crippen LogP contribution in [0.3, 0.4) is 0 Å². The van der Waals surface area contributed by atoms with Gasteiger partial charge >= 0.3 is 0 Å². The summed E-state index contributed by atoms with van der Waals surface area (Å²) < 4.78 is 5.62. The van der Waals surface area contributed by atoms with Crippen LogP contribution in [0, 0.1) is 0 Å². The van der Waals surface area contributed by atoms with Crippen LogP contribution in [0.2, 0.25) is 5.02 Å². The fourth-order valence-electron chi connectivity index (χ4n) is 1.99. The average Bonchev–Trinajstić information content (AvgIpc) is 2.83.